The third-order valence-corrected chi connectivity index (χ3v) is 4.49. The molecule has 0 aliphatic carbocycles. The van der Waals surface area contributed by atoms with Crippen molar-refractivity contribution in [1.82, 2.24) is 14.7 Å². The number of benzene rings is 1. The summed E-state index contributed by atoms with van der Waals surface area (Å²) >= 11 is 0. The topological polar surface area (TPSA) is 47.0 Å². The molecule has 0 bridgehead atoms. The molecule has 1 aliphatic heterocycles. The van der Waals surface area contributed by atoms with Crippen molar-refractivity contribution >= 4 is 11.5 Å². The van der Waals surface area contributed by atoms with Crippen LogP contribution >= 0.6 is 0 Å². The van der Waals surface area contributed by atoms with E-state index in [0.717, 1.165) is 37.3 Å². The van der Waals surface area contributed by atoms with Crippen molar-refractivity contribution in [2.75, 3.05) is 53.4 Å². The fraction of sp³-hybridized carbons (Fsp3) is 0.526. The first-order valence-corrected chi connectivity index (χ1v) is 8.53. The summed E-state index contributed by atoms with van der Waals surface area (Å²) in [4.78, 5) is 18.5. The van der Waals surface area contributed by atoms with Crippen LogP contribution in [0, 0.1) is 0 Å². The molecule has 5 nitrogen and oxygen atoms in total. The maximum atomic E-state index is 12.3. The maximum Gasteiger partial charge on any atom is 0.246 e. The molecule has 2 rings (SSSR count). The number of piperazine rings is 1. The molecule has 0 spiro atoms. The Morgan fingerprint density at radius 2 is 1.88 bits per heavy atom. The predicted molar refractivity (Wildman–Crippen MR) is 97.7 cm³/mol. The van der Waals surface area contributed by atoms with E-state index in [-0.39, 0.29) is 5.91 Å². The summed E-state index contributed by atoms with van der Waals surface area (Å²) < 4.78 is 0. The second-order valence-electron chi connectivity index (χ2n) is 6.67. The summed E-state index contributed by atoms with van der Waals surface area (Å²) in [6.45, 7) is 6.90. The number of β-amino-alcohol motifs (C(OH)–C–C–N with tert-alkyl or cyclic N) is 1. The third-order valence-electron chi connectivity index (χ3n) is 4.49. The van der Waals surface area contributed by atoms with Crippen molar-refractivity contribution in [2.24, 2.45) is 0 Å². The summed E-state index contributed by atoms with van der Waals surface area (Å²) in [5, 5.41) is 10.3. The van der Waals surface area contributed by atoms with Gasteiger partial charge in [0.25, 0.3) is 0 Å². The number of aliphatic hydroxyl groups excluding tert-OH is 1. The highest BCUT2D eigenvalue weighted by molar-refractivity contribution is 5.94. The van der Waals surface area contributed by atoms with Crippen molar-refractivity contribution in [3.8, 4) is 0 Å². The zero-order valence-electron chi connectivity index (χ0n) is 15.0. The van der Waals surface area contributed by atoms with Gasteiger partial charge in [-0.05, 0) is 25.1 Å². The molecule has 1 aliphatic rings. The first-order valence-electron chi connectivity index (χ1n) is 8.53. The van der Waals surface area contributed by atoms with Gasteiger partial charge < -0.3 is 14.9 Å². The highest BCUT2D eigenvalue weighted by atomic mass is 16.3. The Bertz CT molecular complexity index is 551. The van der Waals surface area contributed by atoms with E-state index >= 15 is 0 Å². The van der Waals surface area contributed by atoms with Crippen LogP contribution in [0.4, 0.5) is 0 Å². The summed E-state index contributed by atoms with van der Waals surface area (Å²) in [5.41, 5.74) is 1.97. The molecule has 5 heteroatoms. The zero-order chi connectivity index (χ0) is 17.5. The average Bonchev–Trinajstić information content (AvgIpc) is 2.57. The fourth-order valence-corrected chi connectivity index (χ4v) is 2.87. The number of hydrogen-bond acceptors (Lipinski definition) is 4. The van der Waals surface area contributed by atoms with Gasteiger partial charge in [0, 0.05) is 52.4 Å². The molecule has 24 heavy (non-hydrogen) atoms. The first kappa shape index (κ1) is 18.6. The average molecular weight is 331 g/mol. The molecule has 1 saturated heterocycles. The van der Waals surface area contributed by atoms with E-state index < -0.39 is 6.10 Å². The van der Waals surface area contributed by atoms with Crippen LogP contribution in [0.15, 0.2) is 36.4 Å². The van der Waals surface area contributed by atoms with Crippen LogP contribution in [0.1, 0.15) is 12.5 Å². The second kappa shape index (κ2) is 8.97. The quantitative estimate of drug-likeness (QED) is 0.795. The lowest BCUT2D eigenvalue weighted by Crippen LogP contribution is -2.48. The van der Waals surface area contributed by atoms with Gasteiger partial charge in [0.15, 0.2) is 0 Å². The molecule has 1 unspecified atom stereocenters. The smallest absolute Gasteiger partial charge is 0.246 e. The number of carbonyl (C=O) groups is 1. The minimum atomic E-state index is -0.521. The minimum absolute atomic E-state index is 0.0752. The number of allylic oxidation sites excluding steroid dienone is 1. The molecule has 1 amide bonds. The molecule has 1 heterocycles. The van der Waals surface area contributed by atoms with Crippen LogP contribution < -0.4 is 0 Å². The highest BCUT2D eigenvalue weighted by Crippen LogP contribution is 2.13. The van der Waals surface area contributed by atoms with E-state index in [0.29, 0.717) is 13.1 Å². The standard InChI is InChI=1S/C19H29N3O2/c1-16(17-7-5-4-6-8-17)13-19(24)21(3)14-18(23)15-22-11-9-20(2)10-12-22/h4-8,13,18,23H,9-12,14-15H2,1-3H3/b16-13-. The molecule has 1 aromatic rings. The van der Waals surface area contributed by atoms with Gasteiger partial charge in [-0.15, -0.1) is 0 Å². The summed E-state index contributed by atoms with van der Waals surface area (Å²) in [6, 6.07) is 9.85. The normalized spacial score (nSPS) is 18.4. The lowest BCUT2D eigenvalue weighted by atomic mass is 10.1. The van der Waals surface area contributed by atoms with Crippen LogP contribution in [0.25, 0.3) is 5.57 Å². The van der Waals surface area contributed by atoms with E-state index in [4.69, 9.17) is 0 Å². The van der Waals surface area contributed by atoms with Gasteiger partial charge in [-0.25, -0.2) is 0 Å². The summed E-state index contributed by atoms with van der Waals surface area (Å²) in [7, 11) is 3.85. The number of amides is 1. The maximum absolute atomic E-state index is 12.3. The molecule has 1 fully saturated rings. The van der Waals surface area contributed by atoms with Crippen molar-refractivity contribution in [3.63, 3.8) is 0 Å². The van der Waals surface area contributed by atoms with Crippen LogP contribution in [-0.4, -0.2) is 85.2 Å². The Kier molecular flexibility index (Phi) is 6.97. The fourth-order valence-electron chi connectivity index (χ4n) is 2.87. The Balaban J connectivity index is 1.82. The monoisotopic (exact) mass is 331 g/mol. The zero-order valence-corrected chi connectivity index (χ0v) is 15.0. The Labute approximate surface area is 145 Å². The highest BCUT2D eigenvalue weighted by Gasteiger charge is 2.19. The predicted octanol–water partition coefficient (Wildman–Crippen LogP) is 1.16. The van der Waals surface area contributed by atoms with E-state index in [1.165, 1.54) is 0 Å². The van der Waals surface area contributed by atoms with Crippen LogP contribution in [0.5, 0.6) is 0 Å². The van der Waals surface area contributed by atoms with Gasteiger partial charge in [0.1, 0.15) is 0 Å². The molecule has 0 aromatic heterocycles. The molecule has 0 radical (unpaired) electrons. The van der Waals surface area contributed by atoms with Crippen molar-refractivity contribution in [3.05, 3.63) is 42.0 Å². The molecular weight excluding hydrogens is 302 g/mol. The van der Waals surface area contributed by atoms with Crippen molar-refractivity contribution < 1.29 is 9.90 Å². The van der Waals surface area contributed by atoms with E-state index in [1.807, 2.05) is 37.3 Å². The van der Waals surface area contributed by atoms with E-state index in [2.05, 4.69) is 16.8 Å². The number of carbonyl (C=O) groups excluding carboxylic acids is 1. The van der Waals surface area contributed by atoms with Gasteiger partial charge in [-0.3, -0.25) is 9.69 Å². The Morgan fingerprint density at radius 3 is 2.50 bits per heavy atom. The van der Waals surface area contributed by atoms with Crippen LogP contribution in [-0.2, 0) is 4.79 Å². The van der Waals surface area contributed by atoms with E-state index in [9.17, 15) is 9.90 Å². The van der Waals surface area contributed by atoms with Crippen molar-refractivity contribution in [1.29, 1.82) is 0 Å². The van der Waals surface area contributed by atoms with Gasteiger partial charge in [-0.2, -0.15) is 0 Å². The van der Waals surface area contributed by atoms with Gasteiger partial charge in [0.2, 0.25) is 5.91 Å². The van der Waals surface area contributed by atoms with Crippen LogP contribution in [0.2, 0.25) is 0 Å². The van der Waals surface area contributed by atoms with Gasteiger partial charge >= 0.3 is 0 Å². The number of likely N-dealkylation sites (N-methyl/N-ethyl adjacent to an activating group) is 2. The van der Waals surface area contributed by atoms with Crippen LogP contribution in [0.3, 0.4) is 0 Å². The first-order chi connectivity index (χ1) is 11.5. The van der Waals surface area contributed by atoms with E-state index in [1.54, 1.807) is 18.0 Å². The molecule has 0 saturated carbocycles. The molecule has 132 valence electrons. The lowest BCUT2D eigenvalue weighted by Gasteiger charge is -2.34. The SMILES string of the molecule is C/C(=C/C(=O)N(C)CC(O)CN1CCN(C)CC1)c1ccccc1. The van der Waals surface area contributed by atoms with Gasteiger partial charge in [0.05, 0.1) is 6.10 Å². The number of nitrogens with zero attached hydrogens (tertiary/aromatic N) is 3. The second-order valence-corrected chi connectivity index (χ2v) is 6.67. The number of aliphatic hydroxyl groups is 1. The number of hydrogen-bond donors (Lipinski definition) is 1. The molecule has 1 aromatic carbocycles. The summed E-state index contributed by atoms with van der Waals surface area (Å²) in [6.07, 6.45) is 1.12. The van der Waals surface area contributed by atoms with Gasteiger partial charge in [-0.1, -0.05) is 30.3 Å². The third kappa shape index (κ3) is 5.74. The Morgan fingerprint density at radius 1 is 1.25 bits per heavy atom. The molecular formula is C19H29N3O2. The number of rotatable bonds is 6. The largest absolute Gasteiger partial charge is 0.390 e. The molecule has 1 atom stereocenters. The minimum Gasteiger partial charge on any atom is -0.390 e. The van der Waals surface area contributed by atoms with Crippen molar-refractivity contribution in [2.45, 2.75) is 13.0 Å². The Hall–Kier alpha value is -1.69. The summed E-state index contributed by atoms with van der Waals surface area (Å²) in [5.74, 6) is -0.0752. The lowest BCUT2D eigenvalue weighted by molar-refractivity contribution is -0.126. The molecule has 1 N–H and O–H groups in total.